The summed E-state index contributed by atoms with van der Waals surface area (Å²) in [6.45, 7) is 2.61. The molecule has 0 aliphatic carbocycles. The maximum Gasteiger partial charge on any atom is 0.433 e. The van der Waals surface area contributed by atoms with Gasteiger partial charge >= 0.3 is 5.88 Å². The third kappa shape index (κ3) is 3.28. The molecule has 1 aromatic heterocycles. The van der Waals surface area contributed by atoms with Crippen LogP contribution in [-0.2, 0) is 0 Å². The topological polar surface area (TPSA) is 96.8 Å². The molecule has 7 nitrogen and oxygen atoms in total. The Morgan fingerprint density at radius 2 is 2.29 bits per heavy atom. The van der Waals surface area contributed by atoms with Crippen LogP contribution in [0.5, 0.6) is 0 Å². The summed E-state index contributed by atoms with van der Waals surface area (Å²) in [5, 5.41) is 19.1. The largest absolute Gasteiger partial charge is 0.433 e. The molecule has 94 valence electrons. The number of furan rings is 1. The second-order valence-electron chi connectivity index (χ2n) is 3.36. The molecule has 1 N–H and O–H groups in total. The average molecular weight is 242 g/mol. The van der Waals surface area contributed by atoms with Crippen LogP contribution in [0.2, 0.25) is 0 Å². The van der Waals surface area contributed by atoms with Gasteiger partial charge in [0.2, 0.25) is 0 Å². The van der Waals surface area contributed by atoms with Gasteiger partial charge in [0.05, 0.1) is 6.07 Å². The summed E-state index contributed by atoms with van der Waals surface area (Å²) >= 11 is 0. The quantitative estimate of drug-likeness (QED) is 0.593. The molecule has 0 fully saturated rings. The summed E-state index contributed by atoms with van der Waals surface area (Å²) in [6.07, 6.45) is 0.461. The van der Waals surface area contributed by atoms with E-state index in [4.69, 9.17) is 9.52 Å². The number of carbonyl (C=O) groups is 1. The highest BCUT2D eigenvalue weighted by atomic mass is 16.6. The van der Waals surface area contributed by atoms with E-state index in [1.807, 2.05) is 0 Å². The lowest BCUT2D eigenvalue weighted by Crippen LogP contribution is -2.31. The number of aliphatic hydroxyl groups is 1. The van der Waals surface area contributed by atoms with Gasteiger partial charge in [0.15, 0.2) is 5.76 Å². The molecule has 0 unspecified atom stereocenters. The fraction of sp³-hybridized carbons (Fsp3) is 0.500. The minimum Gasteiger partial charge on any atom is -0.396 e. The molecule has 17 heavy (non-hydrogen) atoms. The molecule has 0 aromatic carbocycles. The Balaban J connectivity index is 2.75. The predicted octanol–water partition coefficient (Wildman–Crippen LogP) is 1.03. The van der Waals surface area contributed by atoms with Crippen LogP contribution < -0.4 is 0 Å². The average Bonchev–Trinajstić information content (AvgIpc) is 2.79. The summed E-state index contributed by atoms with van der Waals surface area (Å²) < 4.78 is 4.82. The second kappa shape index (κ2) is 6.00. The van der Waals surface area contributed by atoms with Crippen molar-refractivity contribution in [3.63, 3.8) is 0 Å². The Labute approximate surface area is 97.8 Å². The monoisotopic (exact) mass is 242 g/mol. The number of hydrogen-bond acceptors (Lipinski definition) is 5. The highest BCUT2D eigenvalue weighted by Crippen LogP contribution is 2.17. The Kier molecular flexibility index (Phi) is 4.65. The van der Waals surface area contributed by atoms with Crippen molar-refractivity contribution >= 4 is 11.8 Å². The second-order valence-corrected chi connectivity index (χ2v) is 3.36. The number of aliphatic hydroxyl groups excluding tert-OH is 1. The van der Waals surface area contributed by atoms with Crippen molar-refractivity contribution in [1.82, 2.24) is 4.90 Å². The van der Waals surface area contributed by atoms with Gasteiger partial charge < -0.3 is 14.4 Å². The molecule has 7 heteroatoms. The zero-order chi connectivity index (χ0) is 12.8. The van der Waals surface area contributed by atoms with Gasteiger partial charge in [0.1, 0.15) is 4.92 Å². The molecule has 0 spiro atoms. The summed E-state index contributed by atoms with van der Waals surface area (Å²) in [4.78, 5) is 23.0. The fourth-order valence-corrected chi connectivity index (χ4v) is 1.36. The van der Waals surface area contributed by atoms with Crippen LogP contribution in [0, 0.1) is 10.1 Å². The normalized spacial score (nSPS) is 10.2. The first kappa shape index (κ1) is 13.2. The molecule has 1 amide bonds. The number of hydrogen-bond donors (Lipinski definition) is 1. The first-order valence-electron chi connectivity index (χ1n) is 5.24. The zero-order valence-electron chi connectivity index (χ0n) is 9.46. The van der Waals surface area contributed by atoms with Gasteiger partial charge in [-0.25, -0.2) is 0 Å². The summed E-state index contributed by atoms with van der Waals surface area (Å²) in [5.41, 5.74) is 0. The van der Waals surface area contributed by atoms with E-state index in [2.05, 4.69) is 0 Å². The van der Waals surface area contributed by atoms with Gasteiger partial charge in [-0.2, -0.15) is 0 Å². The van der Waals surface area contributed by atoms with E-state index in [1.165, 1.54) is 11.0 Å². The fourth-order valence-electron chi connectivity index (χ4n) is 1.36. The number of rotatable bonds is 6. The maximum atomic E-state index is 11.8. The molecule has 0 saturated heterocycles. The highest BCUT2D eigenvalue weighted by Gasteiger charge is 2.21. The smallest absolute Gasteiger partial charge is 0.396 e. The van der Waals surface area contributed by atoms with Crippen molar-refractivity contribution in [3.8, 4) is 0 Å². The minimum atomic E-state index is -0.694. The zero-order valence-corrected chi connectivity index (χ0v) is 9.46. The third-order valence-corrected chi connectivity index (χ3v) is 2.24. The molecular weight excluding hydrogens is 228 g/mol. The molecule has 0 saturated carbocycles. The number of nitro groups is 1. The SMILES string of the molecule is CCN(CCCO)C(=O)c1ccc([N+](=O)[O-])o1. The molecule has 0 aliphatic heterocycles. The molecule has 0 aliphatic rings. The lowest BCUT2D eigenvalue weighted by atomic mass is 10.3. The minimum absolute atomic E-state index is 0.0118. The summed E-state index contributed by atoms with van der Waals surface area (Å²) in [5.74, 6) is -0.919. The first-order chi connectivity index (χ1) is 8.10. The maximum absolute atomic E-state index is 11.8. The van der Waals surface area contributed by atoms with Crippen LogP contribution in [0.3, 0.4) is 0 Å². The van der Waals surface area contributed by atoms with Crippen LogP contribution in [-0.4, -0.2) is 40.5 Å². The Hall–Kier alpha value is -1.89. The van der Waals surface area contributed by atoms with Gasteiger partial charge in [-0.1, -0.05) is 0 Å². The Morgan fingerprint density at radius 3 is 2.76 bits per heavy atom. The van der Waals surface area contributed by atoms with Gasteiger partial charge in [-0.05, 0) is 19.4 Å². The lowest BCUT2D eigenvalue weighted by molar-refractivity contribution is -0.402. The molecule has 1 rings (SSSR count). The van der Waals surface area contributed by atoms with Crippen molar-refractivity contribution in [1.29, 1.82) is 0 Å². The third-order valence-electron chi connectivity index (χ3n) is 2.24. The predicted molar refractivity (Wildman–Crippen MR) is 58.6 cm³/mol. The van der Waals surface area contributed by atoms with Crippen LogP contribution in [0.25, 0.3) is 0 Å². The van der Waals surface area contributed by atoms with Crippen molar-refractivity contribution in [2.45, 2.75) is 13.3 Å². The van der Waals surface area contributed by atoms with Gasteiger partial charge in [-0.3, -0.25) is 14.9 Å². The van der Waals surface area contributed by atoms with E-state index in [0.29, 0.717) is 19.5 Å². The standard InChI is InChI=1S/C10H14N2O5/c1-2-11(6-3-7-13)10(14)8-4-5-9(17-8)12(15)16/h4-5,13H,2-3,6-7H2,1H3. The van der Waals surface area contributed by atoms with Gasteiger partial charge in [0, 0.05) is 19.7 Å². The molecular formula is C10H14N2O5. The number of carbonyl (C=O) groups excluding carboxylic acids is 1. The molecule has 0 bridgehead atoms. The number of amides is 1. The van der Waals surface area contributed by atoms with Crippen molar-refractivity contribution in [3.05, 3.63) is 28.0 Å². The van der Waals surface area contributed by atoms with E-state index < -0.39 is 16.7 Å². The van der Waals surface area contributed by atoms with Crippen LogP contribution in [0.4, 0.5) is 5.88 Å². The van der Waals surface area contributed by atoms with Crippen molar-refractivity contribution in [2.24, 2.45) is 0 Å². The Morgan fingerprint density at radius 1 is 1.59 bits per heavy atom. The van der Waals surface area contributed by atoms with Crippen molar-refractivity contribution < 1.29 is 19.2 Å². The molecule has 0 atom stereocenters. The Bertz CT molecular complexity index is 401. The van der Waals surface area contributed by atoms with E-state index >= 15 is 0 Å². The van der Waals surface area contributed by atoms with Crippen LogP contribution in [0.1, 0.15) is 23.9 Å². The molecule has 1 heterocycles. The van der Waals surface area contributed by atoms with Gasteiger partial charge in [0.25, 0.3) is 5.91 Å². The van der Waals surface area contributed by atoms with Crippen molar-refractivity contribution in [2.75, 3.05) is 19.7 Å². The number of nitrogens with zero attached hydrogens (tertiary/aromatic N) is 2. The lowest BCUT2D eigenvalue weighted by Gasteiger charge is -2.18. The highest BCUT2D eigenvalue weighted by molar-refractivity contribution is 5.91. The first-order valence-corrected chi connectivity index (χ1v) is 5.24. The molecule has 1 aromatic rings. The van der Waals surface area contributed by atoms with E-state index in [-0.39, 0.29) is 12.4 Å². The van der Waals surface area contributed by atoms with Crippen LogP contribution >= 0.6 is 0 Å². The molecule has 0 radical (unpaired) electrons. The van der Waals surface area contributed by atoms with E-state index in [0.717, 1.165) is 6.07 Å². The summed E-state index contributed by atoms with van der Waals surface area (Å²) in [6, 6.07) is 2.43. The van der Waals surface area contributed by atoms with E-state index in [1.54, 1.807) is 6.92 Å². The van der Waals surface area contributed by atoms with Crippen LogP contribution in [0.15, 0.2) is 16.5 Å². The summed E-state index contributed by atoms with van der Waals surface area (Å²) in [7, 11) is 0. The van der Waals surface area contributed by atoms with Gasteiger partial charge in [-0.15, -0.1) is 0 Å². The van der Waals surface area contributed by atoms with E-state index in [9.17, 15) is 14.9 Å².